The Hall–Kier alpha value is -2.08. The highest BCUT2D eigenvalue weighted by molar-refractivity contribution is 7.98. The topological polar surface area (TPSA) is 63.6 Å². The highest BCUT2D eigenvalue weighted by atomic mass is 32.2. The molecule has 0 fully saturated rings. The maximum absolute atomic E-state index is 11.5. The normalized spacial score (nSPS) is 11.1. The van der Waals surface area contributed by atoms with Crippen LogP contribution in [-0.4, -0.2) is 25.8 Å². The minimum absolute atomic E-state index is 0.366. The molecule has 0 aliphatic heterocycles. The summed E-state index contributed by atoms with van der Waals surface area (Å²) < 4.78 is 1.96. The summed E-state index contributed by atoms with van der Waals surface area (Å²) in [6.45, 7) is 0. The number of rotatable bonds is 2. The third-order valence-corrected chi connectivity index (χ3v) is 3.62. The number of benzene rings is 1. The Labute approximate surface area is 113 Å². The molecule has 0 aliphatic rings. The van der Waals surface area contributed by atoms with Crippen molar-refractivity contribution in [1.29, 1.82) is 0 Å². The van der Waals surface area contributed by atoms with Crippen LogP contribution in [0.2, 0.25) is 0 Å². The fraction of sp³-hybridized carbons (Fsp3) is 0.154. The number of hydrogen-bond donors (Lipinski definition) is 1. The van der Waals surface area contributed by atoms with Crippen molar-refractivity contribution in [2.75, 3.05) is 6.26 Å². The summed E-state index contributed by atoms with van der Waals surface area (Å²) >= 11 is 1.44. The van der Waals surface area contributed by atoms with Crippen LogP contribution in [0.1, 0.15) is 0 Å². The van der Waals surface area contributed by atoms with E-state index in [9.17, 15) is 4.79 Å². The summed E-state index contributed by atoms with van der Waals surface area (Å²) in [4.78, 5) is 22.7. The van der Waals surface area contributed by atoms with Gasteiger partial charge >= 0.3 is 5.69 Å². The molecule has 2 aromatic heterocycles. The summed E-state index contributed by atoms with van der Waals surface area (Å²) in [5.74, 6) is 0.814. The van der Waals surface area contributed by atoms with E-state index in [1.54, 1.807) is 0 Å². The van der Waals surface area contributed by atoms with Crippen LogP contribution in [-0.2, 0) is 7.05 Å². The minimum atomic E-state index is -0.366. The number of thioether (sulfide) groups is 1. The van der Waals surface area contributed by atoms with Crippen molar-refractivity contribution < 1.29 is 0 Å². The summed E-state index contributed by atoms with van der Waals surface area (Å²) in [6, 6.07) is 9.87. The maximum Gasteiger partial charge on any atom is 0.347 e. The van der Waals surface area contributed by atoms with Crippen molar-refractivity contribution in [3.63, 3.8) is 0 Å². The van der Waals surface area contributed by atoms with Crippen molar-refractivity contribution in [3.8, 4) is 11.4 Å². The molecule has 0 bridgehead atoms. The predicted molar refractivity (Wildman–Crippen MR) is 76.3 cm³/mol. The van der Waals surface area contributed by atoms with Gasteiger partial charge in [0, 0.05) is 12.6 Å². The number of hydrogen-bond acceptors (Lipinski definition) is 4. The van der Waals surface area contributed by atoms with E-state index in [0.29, 0.717) is 10.7 Å². The second-order valence-corrected chi connectivity index (χ2v) is 4.90. The largest absolute Gasteiger partial charge is 0.347 e. The molecule has 5 nitrogen and oxygen atoms in total. The van der Waals surface area contributed by atoms with Gasteiger partial charge in [-0.3, -0.25) is 4.98 Å². The molecule has 96 valence electrons. The van der Waals surface area contributed by atoms with E-state index in [1.807, 2.05) is 48.2 Å². The van der Waals surface area contributed by atoms with E-state index in [2.05, 4.69) is 15.0 Å². The molecule has 0 spiro atoms. The van der Waals surface area contributed by atoms with E-state index in [4.69, 9.17) is 0 Å². The molecule has 3 rings (SSSR count). The summed E-state index contributed by atoms with van der Waals surface area (Å²) in [6.07, 6.45) is 1.90. The number of aromatic amines is 1. The van der Waals surface area contributed by atoms with E-state index in [1.165, 1.54) is 11.8 Å². The standard InChI is InChI=1S/C13H12N4OS/c1-17-9-10(15-13(18)16-12(9)19-2)14-11(17)8-6-4-3-5-7-8/h3-7H,1-2H3,(H,15,16,18). The van der Waals surface area contributed by atoms with Crippen LogP contribution in [0.4, 0.5) is 0 Å². The zero-order valence-electron chi connectivity index (χ0n) is 10.5. The zero-order valence-corrected chi connectivity index (χ0v) is 11.4. The monoisotopic (exact) mass is 272 g/mol. The van der Waals surface area contributed by atoms with Crippen LogP contribution in [0.15, 0.2) is 40.2 Å². The summed E-state index contributed by atoms with van der Waals surface area (Å²) in [5, 5.41) is 0.691. The van der Waals surface area contributed by atoms with Crippen molar-refractivity contribution in [2.45, 2.75) is 5.03 Å². The van der Waals surface area contributed by atoms with E-state index in [-0.39, 0.29) is 5.69 Å². The third kappa shape index (κ3) is 1.94. The highest BCUT2D eigenvalue weighted by Gasteiger charge is 2.14. The molecule has 0 saturated heterocycles. The van der Waals surface area contributed by atoms with Gasteiger partial charge in [0.2, 0.25) is 0 Å². The molecule has 0 atom stereocenters. The van der Waals surface area contributed by atoms with Crippen LogP contribution in [0.5, 0.6) is 0 Å². The van der Waals surface area contributed by atoms with Crippen LogP contribution < -0.4 is 5.69 Å². The maximum atomic E-state index is 11.5. The van der Waals surface area contributed by atoms with Crippen LogP contribution >= 0.6 is 11.8 Å². The number of imidazole rings is 1. The molecular weight excluding hydrogens is 260 g/mol. The lowest BCUT2D eigenvalue weighted by Gasteiger charge is -2.03. The molecule has 2 heterocycles. The number of H-pyrrole nitrogens is 1. The Balaban J connectivity index is 2.35. The molecule has 6 heteroatoms. The lowest BCUT2D eigenvalue weighted by atomic mass is 10.2. The zero-order chi connectivity index (χ0) is 13.4. The highest BCUT2D eigenvalue weighted by Crippen LogP contribution is 2.26. The van der Waals surface area contributed by atoms with Crippen LogP contribution in [0.25, 0.3) is 22.6 Å². The summed E-state index contributed by atoms with van der Waals surface area (Å²) in [7, 11) is 1.93. The van der Waals surface area contributed by atoms with Gasteiger partial charge in [-0.1, -0.05) is 30.3 Å². The van der Waals surface area contributed by atoms with E-state index >= 15 is 0 Å². The number of fused-ring (bicyclic) bond motifs is 1. The first kappa shape index (κ1) is 12.0. The molecule has 0 radical (unpaired) electrons. The number of nitrogens with one attached hydrogen (secondary N) is 1. The first-order valence-electron chi connectivity index (χ1n) is 5.77. The van der Waals surface area contributed by atoms with Crippen LogP contribution in [0, 0.1) is 0 Å². The van der Waals surface area contributed by atoms with E-state index < -0.39 is 0 Å². The van der Waals surface area contributed by atoms with Gasteiger partial charge in [-0.25, -0.2) is 9.78 Å². The fourth-order valence-electron chi connectivity index (χ4n) is 2.09. The van der Waals surface area contributed by atoms with Gasteiger partial charge in [0.1, 0.15) is 16.4 Å². The molecule has 0 aliphatic carbocycles. The Kier molecular flexibility index (Phi) is 2.87. The molecule has 1 N–H and O–H groups in total. The third-order valence-electron chi connectivity index (χ3n) is 2.95. The quantitative estimate of drug-likeness (QED) is 0.573. The lowest BCUT2D eigenvalue weighted by Crippen LogP contribution is -2.11. The second kappa shape index (κ2) is 4.55. The molecule has 3 aromatic rings. The molecule has 19 heavy (non-hydrogen) atoms. The number of aromatic nitrogens is 4. The summed E-state index contributed by atoms with van der Waals surface area (Å²) in [5.41, 5.74) is 2.07. The predicted octanol–water partition coefficient (Wildman–Crippen LogP) is 2.05. The molecular formula is C13H12N4OS. The Bertz CT molecular complexity index is 792. The van der Waals surface area contributed by atoms with Crippen LogP contribution in [0.3, 0.4) is 0 Å². The molecule has 0 unspecified atom stereocenters. The minimum Gasteiger partial charge on any atom is -0.324 e. The van der Waals surface area contributed by atoms with Crippen molar-refractivity contribution >= 4 is 22.9 Å². The van der Waals surface area contributed by atoms with Crippen molar-refractivity contribution in [3.05, 3.63) is 40.8 Å². The first-order valence-corrected chi connectivity index (χ1v) is 6.99. The Morgan fingerprint density at radius 1 is 1.21 bits per heavy atom. The van der Waals surface area contributed by atoms with Gasteiger partial charge in [-0.15, -0.1) is 11.8 Å². The number of nitrogens with zero attached hydrogens (tertiary/aromatic N) is 3. The Morgan fingerprint density at radius 2 is 1.95 bits per heavy atom. The second-order valence-electron chi connectivity index (χ2n) is 4.11. The molecule has 0 saturated carbocycles. The molecule has 1 aromatic carbocycles. The average Bonchev–Trinajstić information content (AvgIpc) is 2.76. The SMILES string of the molecule is CSc1nc(=O)[nH]c2nc(-c3ccccc3)n(C)c12. The Morgan fingerprint density at radius 3 is 2.63 bits per heavy atom. The fourth-order valence-corrected chi connectivity index (χ4v) is 2.69. The van der Waals surface area contributed by atoms with Gasteiger partial charge in [0.25, 0.3) is 0 Å². The van der Waals surface area contributed by atoms with Gasteiger partial charge in [0.05, 0.1) is 0 Å². The smallest absolute Gasteiger partial charge is 0.324 e. The lowest BCUT2D eigenvalue weighted by molar-refractivity contribution is 0.925. The van der Waals surface area contributed by atoms with E-state index in [0.717, 1.165) is 16.9 Å². The van der Waals surface area contributed by atoms with Crippen molar-refractivity contribution in [2.24, 2.45) is 7.05 Å². The molecule has 0 amide bonds. The van der Waals surface area contributed by atoms with Gasteiger partial charge in [0.15, 0.2) is 5.65 Å². The van der Waals surface area contributed by atoms with Crippen molar-refractivity contribution in [1.82, 2.24) is 19.5 Å². The van der Waals surface area contributed by atoms with Gasteiger partial charge in [-0.05, 0) is 6.26 Å². The number of aryl methyl sites for hydroxylation is 1. The average molecular weight is 272 g/mol. The van der Waals surface area contributed by atoms with Gasteiger partial charge < -0.3 is 4.57 Å². The van der Waals surface area contributed by atoms with Gasteiger partial charge in [-0.2, -0.15) is 4.98 Å². The first-order chi connectivity index (χ1) is 9.20.